The van der Waals surface area contributed by atoms with Crippen molar-refractivity contribution in [3.05, 3.63) is 57.8 Å². The van der Waals surface area contributed by atoms with Crippen LogP contribution in [0, 0.1) is 12.7 Å². The van der Waals surface area contributed by atoms with Crippen molar-refractivity contribution in [2.24, 2.45) is 0 Å². The highest BCUT2D eigenvalue weighted by Gasteiger charge is 2.03. The first kappa shape index (κ1) is 13.9. The zero-order chi connectivity index (χ0) is 13.8. The van der Waals surface area contributed by atoms with E-state index in [1.54, 1.807) is 13.2 Å². The largest absolute Gasteiger partial charge is 0.496 e. The molecule has 2 aromatic rings. The van der Waals surface area contributed by atoms with Crippen LogP contribution in [0.15, 0.2) is 40.9 Å². The molecule has 2 rings (SSSR count). The number of aryl methyl sites for hydroxylation is 1. The molecule has 0 saturated carbocycles. The van der Waals surface area contributed by atoms with E-state index in [9.17, 15) is 4.39 Å². The van der Waals surface area contributed by atoms with Gasteiger partial charge in [0.2, 0.25) is 0 Å². The Balaban J connectivity index is 2.08. The molecule has 0 bridgehead atoms. The van der Waals surface area contributed by atoms with E-state index in [1.165, 1.54) is 12.1 Å². The minimum atomic E-state index is -0.240. The Morgan fingerprint density at radius 1 is 1.21 bits per heavy atom. The number of halogens is 2. The third-order valence-electron chi connectivity index (χ3n) is 2.89. The zero-order valence-corrected chi connectivity index (χ0v) is 12.4. The molecule has 0 saturated heterocycles. The lowest BCUT2D eigenvalue weighted by molar-refractivity contribution is 0.412. The van der Waals surface area contributed by atoms with Gasteiger partial charge in [-0.25, -0.2) is 4.39 Å². The number of hydrogen-bond donors (Lipinski definition) is 1. The van der Waals surface area contributed by atoms with Gasteiger partial charge in [-0.2, -0.15) is 0 Å². The normalized spacial score (nSPS) is 10.3. The monoisotopic (exact) mass is 323 g/mol. The average molecular weight is 324 g/mol. The quantitative estimate of drug-likeness (QED) is 0.893. The summed E-state index contributed by atoms with van der Waals surface area (Å²) < 4.78 is 19.0. The van der Waals surface area contributed by atoms with Gasteiger partial charge in [0.25, 0.3) is 0 Å². The summed E-state index contributed by atoms with van der Waals surface area (Å²) >= 11 is 3.36. The number of ether oxygens (including phenoxy) is 1. The number of rotatable bonds is 4. The molecule has 0 fully saturated rings. The van der Waals surface area contributed by atoms with E-state index < -0.39 is 0 Å². The Bertz CT molecular complexity index is 586. The maximum absolute atomic E-state index is 13.0. The van der Waals surface area contributed by atoms with Crippen LogP contribution in [0.3, 0.4) is 0 Å². The zero-order valence-electron chi connectivity index (χ0n) is 10.8. The molecular weight excluding hydrogens is 309 g/mol. The highest BCUT2D eigenvalue weighted by atomic mass is 79.9. The Morgan fingerprint density at radius 2 is 2.00 bits per heavy atom. The summed E-state index contributed by atoms with van der Waals surface area (Å²) in [7, 11) is 1.66. The Hall–Kier alpha value is -1.55. The van der Waals surface area contributed by atoms with Crippen molar-refractivity contribution < 1.29 is 9.13 Å². The minimum Gasteiger partial charge on any atom is -0.496 e. The second kappa shape index (κ2) is 6.06. The molecule has 0 atom stereocenters. The Kier molecular flexibility index (Phi) is 4.43. The van der Waals surface area contributed by atoms with Crippen molar-refractivity contribution in [1.29, 1.82) is 0 Å². The van der Waals surface area contributed by atoms with Gasteiger partial charge in [0.15, 0.2) is 0 Å². The molecule has 19 heavy (non-hydrogen) atoms. The van der Waals surface area contributed by atoms with Crippen LogP contribution in [0.2, 0.25) is 0 Å². The first-order chi connectivity index (χ1) is 9.10. The van der Waals surface area contributed by atoms with Gasteiger partial charge < -0.3 is 10.1 Å². The Labute approximate surface area is 120 Å². The van der Waals surface area contributed by atoms with Crippen LogP contribution in [-0.4, -0.2) is 7.11 Å². The third-order valence-corrected chi connectivity index (χ3v) is 3.63. The van der Waals surface area contributed by atoms with Gasteiger partial charge in [0.05, 0.1) is 7.11 Å². The topological polar surface area (TPSA) is 21.3 Å². The van der Waals surface area contributed by atoms with E-state index in [4.69, 9.17) is 4.74 Å². The summed E-state index contributed by atoms with van der Waals surface area (Å²) in [6.45, 7) is 2.63. The molecule has 100 valence electrons. The molecule has 0 unspecified atom stereocenters. The second-order valence-electron chi connectivity index (χ2n) is 4.27. The van der Waals surface area contributed by atoms with Crippen molar-refractivity contribution >= 4 is 21.6 Å². The van der Waals surface area contributed by atoms with E-state index >= 15 is 0 Å². The highest BCUT2D eigenvalue weighted by molar-refractivity contribution is 9.10. The number of anilines is 1. The number of methoxy groups -OCH3 is 1. The molecule has 4 heteroatoms. The molecule has 2 nitrogen and oxygen atoms in total. The summed E-state index contributed by atoms with van der Waals surface area (Å²) in [5, 5.41) is 3.31. The van der Waals surface area contributed by atoms with Crippen molar-refractivity contribution in [3.63, 3.8) is 0 Å². The lowest BCUT2D eigenvalue weighted by Gasteiger charge is -2.11. The first-order valence-corrected chi connectivity index (χ1v) is 6.72. The van der Waals surface area contributed by atoms with E-state index in [-0.39, 0.29) is 5.82 Å². The fraction of sp³-hybridized carbons (Fsp3) is 0.200. The molecule has 2 aromatic carbocycles. The molecule has 0 heterocycles. The minimum absolute atomic E-state index is 0.240. The summed E-state index contributed by atoms with van der Waals surface area (Å²) in [4.78, 5) is 0. The average Bonchev–Trinajstić information content (AvgIpc) is 2.38. The maximum Gasteiger partial charge on any atom is 0.124 e. The van der Waals surface area contributed by atoms with Crippen LogP contribution < -0.4 is 10.1 Å². The van der Waals surface area contributed by atoms with Crippen molar-refractivity contribution in [3.8, 4) is 5.75 Å². The smallest absolute Gasteiger partial charge is 0.124 e. The fourth-order valence-corrected chi connectivity index (χ4v) is 2.34. The van der Waals surface area contributed by atoms with Gasteiger partial charge in [-0.05, 0) is 48.4 Å². The number of benzene rings is 2. The van der Waals surface area contributed by atoms with Crippen LogP contribution in [-0.2, 0) is 6.54 Å². The molecule has 0 aliphatic carbocycles. The van der Waals surface area contributed by atoms with Gasteiger partial charge in [-0.15, -0.1) is 0 Å². The molecule has 1 N–H and O–H groups in total. The summed E-state index contributed by atoms with van der Waals surface area (Å²) in [6.07, 6.45) is 0. The first-order valence-electron chi connectivity index (χ1n) is 5.92. The Morgan fingerprint density at radius 3 is 2.63 bits per heavy atom. The maximum atomic E-state index is 13.0. The van der Waals surface area contributed by atoms with Crippen LogP contribution in [0.4, 0.5) is 10.1 Å². The molecular formula is C15H15BrFNO. The van der Waals surface area contributed by atoms with E-state index in [1.807, 2.05) is 25.1 Å². The van der Waals surface area contributed by atoms with Gasteiger partial charge in [0, 0.05) is 16.7 Å². The predicted molar refractivity (Wildman–Crippen MR) is 79.2 cm³/mol. The van der Waals surface area contributed by atoms with Gasteiger partial charge in [-0.1, -0.05) is 22.0 Å². The van der Waals surface area contributed by atoms with Gasteiger partial charge in [0.1, 0.15) is 11.6 Å². The molecule has 0 radical (unpaired) electrons. The van der Waals surface area contributed by atoms with Crippen LogP contribution >= 0.6 is 15.9 Å². The fourth-order valence-electron chi connectivity index (χ4n) is 1.85. The molecule has 0 aliphatic rings. The summed E-state index contributed by atoms with van der Waals surface area (Å²) in [5.74, 6) is 0.629. The molecule has 0 spiro atoms. The van der Waals surface area contributed by atoms with Crippen molar-refractivity contribution in [2.45, 2.75) is 13.5 Å². The summed E-state index contributed by atoms with van der Waals surface area (Å²) in [6, 6.07) is 10.6. The predicted octanol–water partition coefficient (Wildman–Crippen LogP) is 4.52. The standard InChI is InChI=1S/C15H15BrFNO/c1-10-7-13(5-6-15(10)19-2)18-9-11-3-4-12(17)8-14(11)16/h3-8,18H,9H2,1-2H3. The van der Waals surface area contributed by atoms with Crippen molar-refractivity contribution in [2.75, 3.05) is 12.4 Å². The SMILES string of the molecule is COc1ccc(NCc2ccc(F)cc2Br)cc1C. The van der Waals surface area contributed by atoms with Crippen LogP contribution in [0.5, 0.6) is 5.75 Å². The second-order valence-corrected chi connectivity index (χ2v) is 5.13. The van der Waals surface area contributed by atoms with E-state index in [0.717, 1.165) is 27.0 Å². The van der Waals surface area contributed by atoms with Crippen LogP contribution in [0.1, 0.15) is 11.1 Å². The van der Waals surface area contributed by atoms with Gasteiger partial charge >= 0.3 is 0 Å². The molecule has 0 aliphatic heterocycles. The summed E-state index contributed by atoms with van der Waals surface area (Å²) in [5.41, 5.74) is 3.09. The van der Waals surface area contributed by atoms with Gasteiger partial charge in [-0.3, -0.25) is 0 Å². The highest BCUT2D eigenvalue weighted by Crippen LogP contribution is 2.23. The molecule has 0 aromatic heterocycles. The van der Waals surface area contributed by atoms with Crippen LogP contribution in [0.25, 0.3) is 0 Å². The number of hydrogen-bond acceptors (Lipinski definition) is 2. The molecule has 0 amide bonds. The lowest BCUT2D eigenvalue weighted by atomic mass is 10.2. The van der Waals surface area contributed by atoms with Crippen molar-refractivity contribution in [1.82, 2.24) is 0 Å². The van der Waals surface area contributed by atoms with E-state index in [0.29, 0.717) is 6.54 Å². The third kappa shape index (κ3) is 3.47. The van der Waals surface area contributed by atoms with E-state index in [2.05, 4.69) is 21.2 Å². The number of nitrogens with one attached hydrogen (secondary N) is 1. The lowest BCUT2D eigenvalue weighted by Crippen LogP contribution is -2.01.